The third-order valence-corrected chi connectivity index (χ3v) is 6.09. The summed E-state index contributed by atoms with van der Waals surface area (Å²) in [6.07, 6.45) is -3.68. The summed E-state index contributed by atoms with van der Waals surface area (Å²) in [7, 11) is 0. The monoisotopic (exact) mass is 444 g/mol. The van der Waals surface area contributed by atoms with Gasteiger partial charge in [-0.2, -0.15) is 13.2 Å². The second kappa shape index (κ2) is 10.1. The first-order valence-corrected chi connectivity index (χ1v) is 10.6. The fourth-order valence-electron chi connectivity index (χ4n) is 3.89. The lowest BCUT2D eigenvalue weighted by atomic mass is 9.95. The quantitative estimate of drug-likeness (QED) is 0.706. The highest BCUT2D eigenvalue weighted by molar-refractivity contribution is 5.93. The summed E-state index contributed by atoms with van der Waals surface area (Å²) < 4.78 is 50.5. The van der Waals surface area contributed by atoms with Crippen LogP contribution in [0.4, 0.5) is 29.3 Å². The van der Waals surface area contributed by atoms with E-state index < -0.39 is 17.8 Å². The Bertz CT molecular complexity index is 750. The van der Waals surface area contributed by atoms with E-state index in [1.165, 1.54) is 6.07 Å². The van der Waals surface area contributed by atoms with Gasteiger partial charge in [0, 0.05) is 38.3 Å². The number of morpholine rings is 2. The lowest BCUT2D eigenvalue weighted by Crippen LogP contribution is -2.57. The summed E-state index contributed by atoms with van der Waals surface area (Å²) in [5, 5.41) is 5.50. The summed E-state index contributed by atoms with van der Waals surface area (Å²) in [6, 6.07) is 2.92. The highest BCUT2D eigenvalue weighted by Gasteiger charge is 2.33. The maximum atomic E-state index is 13.3. The Labute approximate surface area is 180 Å². The van der Waals surface area contributed by atoms with Crippen LogP contribution in [-0.2, 0) is 15.7 Å². The van der Waals surface area contributed by atoms with Gasteiger partial charge in [-0.25, -0.2) is 4.79 Å². The highest BCUT2D eigenvalue weighted by Crippen LogP contribution is 2.35. The predicted octanol–water partition coefficient (Wildman–Crippen LogP) is 3.16. The summed E-state index contributed by atoms with van der Waals surface area (Å²) in [5.74, 6) is 0. The fraction of sp³-hybridized carbons (Fsp3) is 0.667. The molecule has 0 saturated carbocycles. The molecule has 2 fully saturated rings. The van der Waals surface area contributed by atoms with Crippen LogP contribution in [0.15, 0.2) is 18.2 Å². The molecule has 2 heterocycles. The van der Waals surface area contributed by atoms with Crippen molar-refractivity contribution in [1.82, 2.24) is 10.2 Å². The Morgan fingerprint density at radius 3 is 2.26 bits per heavy atom. The van der Waals surface area contributed by atoms with Gasteiger partial charge < -0.3 is 25.0 Å². The molecule has 2 aliphatic heterocycles. The number of carbonyl (C=O) groups is 1. The number of nitrogens with one attached hydrogen (secondary N) is 2. The molecule has 174 valence electrons. The molecule has 3 rings (SSSR count). The Morgan fingerprint density at radius 2 is 1.68 bits per heavy atom. The first-order chi connectivity index (χ1) is 14.7. The molecule has 7 nitrogen and oxygen atoms in total. The minimum Gasteiger partial charge on any atom is -0.379 e. The van der Waals surface area contributed by atoms with Crippen molar-refractivity contribution in [2.24, 2.45) is 0 Å². The lowest BCUT2D eigenvalue weighted by molar-refractivity contribution is -0.137. The number of benzene rings is 1. The van der Waals surface area contributed by atoms with Crippen molar-refractivity contribution in [1.29, 1.82) is 0 Å². The first-order valence-electron chi connectivity index (χ1n) is 10.6. The molecule has 0 bridgehead atoms. The van der Waals surface area contributed by atoms with Crippen molar-refractivity contribution < 1.29 is 27.4 Å². The molecule has 0 aliphatic carbocycles. The molecular weight excluding hydrogens is 413 g/mol. The summed E-state index contributed by atoms with van der Waals surface area (Å²) >= 11 is 0. The van der Waals surface area contributed by atoms with Gasteiger partial charge in [0.25, 0.3) is 0 Å². The maximum absolute atomic E-state index is 13.3. The van der Waals surface area contributed by atoms with E-state index in [0.29, 0.717) is 51.7 Å². The van der Waals surface area contributed by atoms with Crippen molar-refractivity contribution >= 4 is 17.4 Å². The topological polar surface area (TPSA) is 66.1 Å². The number of alkyl halides is 3. The molecule has 2 saturated heterocycles. The normalized spacial score (nSPS) is 20.2. The highest BCUT2D eigenvalue weighted by atomic mass is 19.4. The van der Waals surface area contributed by atoms with Gasteiger partial charge in [0.05, 0.1) is 43.4 Å². The Hall–Kier alpha value is -2.04. The molecule has 0 spiro atoms. The molecule has 0 radical (unpaired) electrons. The molecule has 0 unspecified atom stereocenters. The number of rotatable bonds is 6. The number of ether oxygens (including phenoxy) is 2. The molecule has 1 aromatic carbocycles. The van der Waals surface area contributed by atoms with Gasteiger partial charge >= 0.3 is 12.2 Å². The van der Waals surface area contributed by atoms with Crippen LogP contribution < -0.4 is 15.5 Å². The third-order valence-electron chi connectivity index (χ3n) is 6.09. The van der Waals surface area contributed by atoms with Crippen LogP contribution >= 0.6 is 0 Å². The van der Waals surface area contributed by atoms with Crippen molar-refractivity contribution in [2.45, 2.75) is 32.0 Å². The lowest BCUT2D eigenvalue weighted by Gasteiger charge is -2.43. The van der Waals surface area contributed by atoms with E-state index in [2.05, 4.69) is 29.4 Å². The zero-order valence-electron chi connectivity index (χ0n) is 18.1. The van der Waals surface area contributed by atoms with Gasteiger partial charge in [0.1, 0.15) is 0 Å². The van der Waals surface area contributed by atoms with Crippen LogP contribution in [0.25, 0.3) is 0 Å². The number of hydrogen-bond donors (Lipinski definition) is 2. The van der Waals surface area contributed by atoms with E-state index in [4.69, 9.17) is 9.47 Å². The van der Waals surface area contributed by atoms with Crippen molar-refractivity contribution in [3.63, 3.8) is 0 Å². The van der Waals surface area contributed by atoms with Gasteiger partial charge in [-0.1, -0.05) is 6.92 Å². The zero-order valence-corrected chi connectivity index (χ0v) is 18.1. The van der Waals surface area contributed by atoms with Crippen LogP contribution in [0, 0.1) is 0 Å². The Kier molecular flexibility index (Phi) is 7.66. The van der Waals surface area contributed by atoms with Crippen LogP contribution in [0.5, 0.6) is 0 Å². The number of nitrogens with zero attached hydrogens (tertiary/aromatic N) is 2. The molecule has 0 aromatic heterocycles. The molecule has 1 atom stereocenters. The molecule has 2 amide bonds. The molecule has 2 aliphatic rings. The van der Waals surface area contributed by atoms with Crippen LogP contribution in [0.1, 0.15) is 25.8 Å². The number of anilines is 2. The minimum absolute atomic E-state index is 0.138. The zero-order chi connectivity index (χ0) is 22.5. The summed E-state index contributed by atoms with van der Waals surface area (Å²) in [6.45, 7) is 9.43. The number of amides is 2. The molecule has 2 N–H and O–H groups in total. The number of hydrogen-bond acceptors (Lipinski definition) is 5. The SMILES string of the molecule is CC[C@](C)(CNC(=O)Nc1cc(C(F)(F)F)ccc1N1CCOCC1)N1CCOCC1. The molecular formula is C21H31F3N4O3. The summed E-state index contributed by atoms with van der Waals surface area (Å²) in [5.41, 5.74) is -0.370. The van der Waals surface area contributed by atoms with E-state index in [9.17, 15) is 18.0 Å². The Balaban J connectivity index is 1.72. The number of halogens is 3. The molecule has 1 aromatic rings. The second-order valence-corrected chi connectivity index (χ2v) is 8.09. The van der Waals surface area contributed by atoms with Crippen LogP contribution in [0.2, 0.25) is 0 Å². The van der Waals surface area contributed by atoms with Gasteiger partial charge in [-0.05, 0) is 31.5 Å². The minimum atomic E-state index is -4.49. The van der Waals surface area contributed by atoms with Crippen molar-refractivity contribution in [3.05, 3.63) is 23.8 Å². The standard InChI is InChI=1S/C21H31F3N4O3/c1-3-20(2,28-8-12-31-13-9-28)15-25-19(29)26-17-14-16(21(22,23)24)4-5-18(17)27-6-10-30-11-7-27/h4-5,14H,3,6-13,15H2,1-2H3,(H2,25,26,29)/t20-/m1/s1. The third kappa shape index (κ3) is 6.02. The van der Waals surface area contributed by atoms with Gasteiger partial charge in [-0.15, -0.1) is 0 Å². The summed E-state index contributed by atoms with van der Waals surface area (Å²) in [4.78, 5) is 16.9. The maximum Gasteiger partial charge on any atom is 0.416 e. The van der Waals surface area contributed by atoms with Crippen LogP contribution in [-0.4, -0.2) is 75.6 Å². The van der Waals surface area contributed by atoms with E-state index in [1.807, 2.05) is 4.90 Å². The second-order valence-electron chi connectivity index (χ2n) is 8.09. The average molecular weight is 444 g/mol. The smallest absolute Gasteiger partial charge is 0.379 e. The van der Waals surface area contributed by atoms with E-state index in [-0.39, 0.29) is 11.2 Å². The van der Waals surface area contributed by atoms with Crippen molar-refractivity contribution in [3.8, 4) is 0 Å². The van der Waals surface area contributed by atoms with Gasteiger partial charge in [0.2, 0.25) is 0 Å². The van der Waals surface area contributed by atoms with E-state index >= 15 is 0 Å². The van der Waals surface area contributed by atoms with Crippen molar-refractivity contribution in [2.75, 3.05) is 69.4 Å². The molecule has 10 heteroatoms. The average Bonchev–Trinajstić information content (AvgIpc) is 2.78. The van der Waals surface area contributed by atoms with Crippen LogP contribution in [0.3, 0.4) is 0 Å². The fourth-order valence-corrected chi connectivity index (χ4v) is 3.89. The largest absolute Gasteiger partial charge is 0.416 e. The number of urea groups is 1. The van der Waals surface area contributed by atoms with Gasteiger partial charge in [-0.3, -0.25) is 4.90 Å². The van der Waals surface area contributed by atoms with E-state index in [1.54, 1.807) is 0 Å². The number of carbonyl (C=O) groups excluding carboxylic acids is 1. The Morgan fingerprint density at radius 1 is 1.06 bits per heavy atom. The van der Waals surface area contributed by atoms with E-state index in [0.717, 1.165) is 31.6 Å². The molecule has 31 heavy (non-hydrogen) atoms. The first kappa shape index (κ1) is 23.6. The predicted molar refractivity (Wildman–Crippen MR) is 113 cm³/mol. The van der Waals surface area contributed by atoms with Gasteiger partial charge in [0.15, 0.2) is 0 Å².